The molecular formula is C21H31Cl3N2O. The molecule has 0 unspecified atom stereocenters. The maximum atomic E-state index is 6.17. The Labute approximate surface area is 181 Å². The molecule has 0 spiro atoms. The van der Waals surface area contributed by atoms with Crippen LogP contribution in [0.4, 0.5) is 0 Å². The zero-order valence-electron chi connectivity index (χ0n) is 16.1. The molecule has 0 heterocycles. The Morgan fingerprint density at radius 3 is 2.44 bits per heavy atom. The molecule has 0 saturated carbocycles. The predicted octanol–water partition coefficient (Wildman–Crippen LogP) is 5.58. The summed E-state index contributed by atoms with van der Waals surface area (Å²) in [5.41, 5.74) is 2.24. The van der Waals surface area contributed by atoms with Crippen LogP contribution in [0.3, 0.4) is 0 Å². The van der Waals surface area contributed by atoms with Gasteiger partial charge in [-0.2, -0.15) is 0 Å². The zero-order valence-corrected chi connectivity index (χ0v) is 18.5. The third-order valence-corrected chi connectivity index (χ3v) is 4.67. The zero-order chi connectivity index (χ0) is 17.9. The van der Waals surface area contributed by atoms with E-state index in [4.69, 9.17) is 16.3 Å². The standard InChI is InChI=1S/C21H29ClN2O.2ClH/c1-3-24(4-2)14-8-13-23-16-18-9-7-11-20(15-18)25-17-19-10-5-6-12-21(19)22;;/h5-7,9-12,15,23H,3-4,8,13-14,16-17H2,1-2H3;2*1H. The third-order valence-electron chi connectivity index (χ3n) is 4.30. The topological polar surface area (TPSA) is 24.5 Å². The van der Waals surface area contributed by atoms with Crippen LogP contribution < -0.4 is 10.1 Å². The van der Waals surface area contributed by atoms with Gasteiger partial charge in [-0.15, -0.1) is 24.8 Å². The Hall–Kier alpha value is -0.970. The number of nitrogens with one attached hydrogen (secondary N) is 1. The summed E-state index contributed by atoms with van der Waals surface area (Å²) in [5.74, 6) is 0.877. The fourth-order valence-corrected chi connectivity index (χ4v) is 2.91. The van der Waals surface area contributed by atoms with Gasteiger partial charge in [0.05, 0.1) is 0 Å². The van der Waals surface area contributed by atoms with Crippen molar-refractivity contribution in [3.05, 3.63) is 64.7 Å². The minimum absolute atomic E-state index is 0. The van der Waals surface area contributed by atoms with E-state index in [9.17, 15) is 0 Å². The summed E-state index contributed by atoms with van der Waals surface area (Å²) in [6.07, 6.45) is 1.17. The van der Waals surface area contributed by atoms with Crippen LogP contribution in [0, 0.1) is 0 Å². The highest BCUT2D eigenvalue weighted by Gasteiger charge is 2.02. The molecule has 2 aromatic rings. The van der Waals surface area contributed by atoms with E-state index < -0.39 is 0 Å². The molecule has 2 rings (SSSR count). The summed E-state index contributed by atoms with van der Waals surface area (Å²) in [4.78, 5) is 2.45. The fraction of sp³-hybridized carbons (Fsp3) is 0.429. The molecule has 0 aromatic heterocycles. The molecular weight excluding hydrogens is 403 g/mol. The van der Waals surface area contributed by atoms with Gasteiger partial charge in [-0.25, -0.2) is 0 Å². The molecule has 0 aliphatic heterocycles. The first kappa shape index (κ1) is 26.0. The van der Waals surface area contributed by atoms with Crippen LogP contribution in [-0.4, -0.2) is 31.1 Å². The first-order valence-corrected chi connectivity index (χ1v) is 9.49. The SMILES string of the molecule is CCN(CC)CCCNCc1cccc(OCc2ccccc2Cl)c1.Cl.Cl. The normalized spacial score (nSPS) is 10.2. The minimum Gasteiger partial charge on any atom is -0.489 e. The summed E-state index contributed by atoms with van der Waals surface area (Å²) in [5, 5.41) is 4.26. The Kier molecular flexibility index (Phi) is 14.5. The number of benzene rings is 2. The summed E-state index contributed by atoms with van der Waals surface area (Å²) in [6, 6.07) is 16.0. The van der Waals surface area contributed by atoms with E-state index in [1.54, 1.807) is 0 Å². The van der Waals surface area contributed by atoms with Gasteiger partial charge in [0.25, 0.3) is 0 Å². The molecule has 2 aromatic carbocycles. The molecule has 0 bridgehead atoms. The van der Waals surface area contributed by atoms with Crippen LogP contribution in [0.25, 0.3) is 0 Å². The van der Waals surface area contributed by atoms with Gasteiger partial charge in [-0.1, -0.05) is 55.8 Å². The van der Waals surface area contributed by atoms with Crippen molar-refractivity contribution in [2.24, 2.45) is 0 Å². The smallest absolute Gasteiger partial charge is 0.120 e. The van der Waals surface area contributed by atoms with Crippen LogP contribution in [0.2, 0.25) is 5.02 Å². The van der Waals surface area contributed by atoms with Gasteiger partial charge in [0.1, 0.15) is 12.4 Å². The molecule has 0 aliphatic carbocycles. The average Bonchev–Trinajstić information content (AvgIpc) is 2.64. The van der Waals surface area contributed by atoms with E-state index >= 15 is 0 Å². The number of hydrogen-bond donors (Lipinski definition) is 1. The second-order valence-electron chi connectivity index (χ2n) is 6.08. The highest BCUT2D eigenvalue weighted by atomic mass is 35.5. The van der Waals surface area contributed by atoms with Gasteiger partial charge >= 0.3 is 0 Å². The van der Waals surface area contributed by atoms with Crippen LogP contribution in [0.5, 0.6) is 5.75 Å². The van der Waals surface area contributed by atoms with E-state index in [0.717, 1.165) is 49.1 Å². The molecule has 1 N–H and O–H groups in total. The highest BCUT2D eigenvalue weighted by molar-refractivity contribution is 6.31. The van der Waals surface area contributed by atoms with Crippen molar-refractivity contribution < 1.29 is 4.74 Å². The number of halogens is 3. The van der Waals surface area contributed by atoms with Crippen LogP contribution >= 0.6 is 36.4 Å². The van der Waals surface area contributed by atoms with Crippen molar-refractivity contribution >= 4 is 36.4 Å². The van der Waals surface area contributed by atoms with E-state index in [1.807, 2.05) is 36.4 Å². The van der Waals surface area contributed by atoms with E-state index in [0.29, 0.717) is 6.61 Å². The molecule has 0 radical (unpaired) electrons. The van der Waals surface area contributed by atoms with Gasteiger partial charge < -0.3 is 15.0 Å². The largest absolute Gasteiger partial charge is 0.489 e. The van der Waals surface area contributed by atoms with Crippen molar-refractivity contribution in [3.8, 4) is 5.75 Å². The molecule has 0 saturated heterocycles. The Balaban J connectivity index is 0.00000338. The molecule has 0 aliphatic rings. The Morgan fingerprint density at radius 1 is 1.00 bits per heavy atom. The van der Waals surface area contributed by atoms with Crippen LogP contribution in [0.15, 0.2) is 48.5 Å². The van der Waals surface area contributed by atoms with E-state index in [1.165, 1.54) is 12.0 Å². The van der Waals surface area contributed by atoms with Crippen LogP contribution in [-0.2, 0) is 13.2 Å². The van der Waals surface area contributed by atoms with Crippen molar-refractivity contribution in [1.82, 2.24) is 10.2 Å². The first-order valence-electron chi connectivity index (χ1n) is 9.11. The molecule has 152 valence electrons. The molecule has 3 nitrogen and oxygen atoms in total. The highest BCUT2D eigenvalue weighted by Crippen LogP contribution is 2.19. The lowest BCUT2D eigenvalue weighted by atomic mass is 10.2. The Morgan fingerprint density at radius 2 is 1.74 bits per heavy atom. The number of nitrogens with zero attached hydrogens (tertiary/aromatic N) is 1. The number of hydrogen-bond acceptors (Lipinski definition) is 3. The molecule has 0 fully saturated rings. The van der Waals surface area contributed by atoms with Gasteiger partial charge in [0, 0.05) is 17.1 Å². The second kappa shape index (κ2) is 15.0. The second-order valence-corrected chi connectivity index (χ2v) is 6.49. The van der Waals surface area contributed by atoms with E-state index in [2.05, 4.69) is 36.2 Å². The van der Waals surface area contributed by atoms with Gasteiger partial charge in [-0.3, -0.25) is 0 Å². The lowest BCUT2D eigenvalue weighted by Crippen LogP contribution is -2.27. The van der Waals surface area contributed by atoms with Crippen molar-refractivity contribution in [2.75, 3.05) is 26.2 Å². The first-order chi connectivity index (χ1) is 12.2. The van der Waals surface area contributed by atoms with E-state index in [-0.39, 0.29) is 24.8 Å². The third kappa shape index (κ3) is 9.68. The summed E-state index contributed by atoms with van der Waals surface area (Å²) < 4.78 is 5.88. The van der Waals surface area contributed by atoms with Gasteiger partial charge in [0.15, 0.2) is 0 Å². The number of ether oxygens (including phenoxy) is 1. The Bertz CT molecular complexity index is 636. The monoisotopic (exact) mass is 432 g/mol. The van der Waals surface area contributed by atoms with Crippen molar-refractivity contribution in [2.45, 2.75) is 33.4 Å². The van der Waals surface area contributed by atoms with Crippen molar-refractivity contribution in [1.29, 1.82) is 0 Å². The molecule has 6 heteroatoms. The summed E-state index contributed by atoms with van der Waals surface area (Å²) >= 11 is 6.17. The quantitative estimate of drug-likeness (QED) is 0.468. The lowest BCUT2D eigenvalue weighted by Gasteiger charge is -2.17. The maximum absolute atomic E-state index is 6.17. The number of rotatable bonds is 11. The lowest BCUT2D eigenvalue weighted by molar-refractivity contribution is 0.297. The van der Waals surface area contributed by atoms with Crippen molar-refractivity contribution in [3.63, 3.8) is 0 Å². The minimum atomic E-state index is 0. The summed E-state index contributed by atoms with van der Waals surface area (Å²) in [7, 11) is 0. The molecule has 0 amide bonds. The summed E-state index contributed by atoms with van der Waals surface area (Å²) in [6.45, 7) is 10.2. The fourth-order valence-electron chi connectivity index (χ4n) is 2.72. The molecule has 0 atom stereocenters. The molecule has 27 heavy (non-hydrogen) atoms. The van der Waals surface area contributed by atoms with Gasteiger partial charge in [0.2, 0.25) is 0 Å². The predicted molar refractivity (Wildman–Crippen MR) is 121 cm³/mol. The van der Waals surface area contributed by atoms with Crippen LogP contribution in [0.1, 0.15) is 31.4 Å². The maximum Gasteiger partial charge on any atom is 0.120 e. The average molecular weight is 434 g/mol. The van der Waals surface area contributed by atoms with Gasteiger partial charge in [-0.05, 0) is 56.4 Å².